The van der Waals surface area contributed by atoms with Crippen LogP contribution < -0.4 is 0 Å². The van der Waals surface area contributed by atoms with Crippen LogP contribution in [0.2, 0.25) is 0 Å². The van der Waals surface area contributed by atoms with Crippen molar-refractivity contribution < 1.29 is 4.79 Å². The van der Waals surface area contributed by atoms with Gasteiger partial charge in [-0.2, -0.15) is 0 Å². The van der Waals surface area contributed by atoms with Crippen LogP contribution in [0.4, 0.5) is 0 Å². The summed E-state index contributed by atoms with van der Waals surface area (Å²) in [6.45, 7) is 0. The molecule has 1 aromatic heterocycles. The first-order chi connectivity index (χ1) is 10.3. The number of carbonyl (C=O) groups excluding carboxylic acids is 1. The van der Waals surface area contributed by atoms with Crippen LogP contribution in [0.15, 0.2) is 77.7 Å². The molecule has 0 N–H and O–H groups in total. The van der Waals surface area contributed by atoms with E-state index >= 15 is 0 Å². The van der Waals surface area contributed by atoms with Gasteiger partial charge in [-0.05, 0) is 0 Å². The van der Waals surface area contributed by atoms with E-state index in [4.69, 9.17) is 0 Å². The molecule has 0 radical (unpaired) electrons. The maximum atomic E-state index is 12.1. The maximum absolute atomic E-state index is 12.1. The molecule has 102 valence electrons. The summed E-state index contributed by atoms with van der Waals surface area (Å²) in [5.41, 5.74) is 3.02. The van der Waals surface area contributed by atoms with Crippen molar-refractivity contribution in [1.82, 2.24) is 0 Å². The number of rotatable bonds is 4. The topological polar surface area (TPSA) is 17.1 Å². The average Bonchev–Trinajstić information content (AvgIpc) is 3.07. The summed E-state index contributed by atoms with van der Waals surface area (Å²) in [7, 11) is 0. The third-order valence-corrected chi connectivity index (χ3v) is 4.98. The van der Waals surface area contributed by atoms with E-state index in [1.165, 1.54) is 4.44 Å². The van der Waals surface area contributed by atoms with Crippen molar-refractivity contribution in [3.8, 4) is 11.1 Å². The summed E-state index contributed by atoms with van der Waals surface area (Å²) in [5, 5.41) is 0. The van der Waals surface area contributed by atoms with Crippen molar-refractivity contribution in [2.75, 3.05) is 0 Å². The van der Waals surface area contributed by atoms with E-state index in [2.05, 4.69) is 23.1 Å². The number of hydrogen-bond acceptors (Lipinski definition) is 1. The predicted octanol–water partition coefficient (Wildman–Crippen LogP) is 4.31. The first kappa shape index (κ1) is 13.8. The summed E-state index contributed by atoms with van der Waals surface area (Å²) in [5.74, 6) is 0.0539. The summed E-state index contributed by atoms with van der Waals surface area (Å²) in [4.78, 5) is 14.3. The standard InChI is InChI=1S/C19H14OSe/c20-19(13-12-18-7-4-14-21-18)17-10-8-16(9-11-17)15-5-2-1-3-6-15/h1-14H/b13-12+. The van der Waals surface area contributed by atoms with E-state index in [-0.39, 0.29) is 5.78 Å². The zero-order chi connectivity index (χ0) is 14.5. The van der Waals surface area contributed by atoms with E-state index in [0.717, 1.165) is 16.7 Å². The molecule has 0 fully saturated rings. The van der Waals surface area contributed by atoms with Gasteiger partial charge in [0, 0.05) is 0 Å². The minimum atomic E-state index is 0.0539. The Balaban J connectivity index is 1.76. The van der Waals surface area contributed by atoms with Gasteiger partial charge in [0.2, 0.25) is 0 Å². The molecule has 3 aromatic rings. The van der Waals surface area contributed by atoms with Gasteiger partial charge in [0.05, 0.1) is 0 Å². The molecule has 2 aromatic carbocycles. The van der Waals surface area contributed by atoms with Gasteiger partial charge in [0.1, 0.15) is 0 Å². The molecule has 2 heteroatoms. The van der Waals surface area contributed by atoms with Crippen LogP contribution in [0.5, 0.6) is 0 Å². The van der Waals surface area contributed by atoms with Crippen molar-refractivity contribution in [2.24, 2.45) is 0 Å². The Bertz CT molecular complexity index is 738. The number of carbonyl (C=O) groups is 1. The van der Waals surface area contributed by atoms with Crippen LogP contribution in [-0.4, -0.2) is 20.3 Å². The molecule has 0 bridgehead atoms. The molecular formula is C19H14OSe. The third kappa shape index (κ3) is 3.49. The molecule has 3 rings (SSSR count). The van der Waals surface area contributed by atoms with Crippen molar-refractivity contribution in [3.05, 3.63) is 87.7 Å². The molecule has 0 saturated heterocycles. The van der Waals surface area contributed by atoms with Crippen LogP contribution in [0.3, 0.4) is 0 Å². The summed E-state index contributed by atoms with van der Waals surface area (Å²) < 4.78 is 1.23. The van der Waals surface area contributed by atoms with E-state index in [1.807, 2.05) is 54.6 Å². The SMILES string of the molecule is O=C(/C=C/c1ccc[se]1)c1ccc(-c2ccccc2)cc1. The Morgan fingerprint density at radius 2 is 1.52 bits per heavy atom. The molecule has 0 aliphatic heterocycles. The van der Waals surface area contributed by atoms with Gasteiger partial charge in [-0.15, -0.1) is 0 Å². The van der Waals surface area contributed by atoms with Crippen LogP contribution in [-0.2, 0) is 0 Å². The number of ketones is 1. The summed E-state index contributed by atoms with van der Waals surface area (Å²) >= 11 is 0.383. The molecule has 0 aliphatic rings. The van der Waals surface area contributed by atoms with Crippen LogP contribution in [0.1, 0.15) is 14.8 Å². The minimum absolute atomic E-state index is 0.0539. The monoisotopic (exact) mass is 338 g/mol. The quantitative estimate of drug-likeness (QED) is 0.394. The van der Waals surface area contributed by atoms with Gasteiger partial charge in [0.25, 0.3) is 0 Å². The fourth-order valence-corrected chi connectivity index (χ4v) is 3.39. The Morgan fingerprint density at radius 1 is 0.810 bits per heavy atom. The Morgan fingerprint density at radius 3 is 2.19 bits per heavy atom. The van der Waals surface area contributed by atoms with E-state index in [1.54, 1.807) is 6.08 Å². The van der Waals surface area contributed by atoms with Crippen LogP contribution in [0.25, 0.3) is 17.2 Å². The van der Waals surface area contributed by atoms with Crippen LogP contribution in [0, 0.1) is 0 Å². The Hall–Kier alpha value is -2.15. The molecule has 0 atom stereocenters. The number of allylic oxidation sites excluding steroid dienone is 1. The molecule has 0 spiro atoms. The first-order valence-electron chi connectivity index (χ1n) is 6.74. The Labute approximate surface area is 130 Å². The molecular weight excluding hydrogens is 323 g/mol. The average molecular weight is 337 g/mol. The molecule has 0 amide bonds. The van der Waals surface area contributed by atoms with Gasteiger partial charge in [-0.3, -0.25) is 0 Å². The predicted molar refractivity (Wildman–Crippen MR) is 88.6 cm³/mol. The second-order valence-electron chi connectivity index (χ2n) is 4.66. The van der Waals surface area contributed by atoms with Gasteiger partial charge in [-0.1, -0.05) is 0 Å². The van der Waals surface area contributed by atoms with Crippen molar-refractivity contribution in [2.45, 2.75) is 0 Å². The van der Waals surface area contributed by atoms with Crippen molar-refractivity contribution >= 4 is 26.4 Å². The fraction of sp³-hybridized carbons (Fsp3) is 0. The van der Waals surface area contributed by atoms with Gasteiger partial charge in [0.15, 0.2) is 0 Å². The van der Waals surface area contributed by atoms with Gasteiger partial charge < -0.3 is 0 Å². The molecule has 0 aliphatic carbocycles. The van der Waals surface area contributed by atoms with E-state index in [0.29, 0.717) is 14.5 Å². The van der Waals surface area contributed by atoms with E-state index < -0.39 is 0 Å². The summed E-state index contributed by atoms with van der Waals surface area (Å²) in [6.07, 6.45) is 3.59. The van der Waals surface area contributed by atoms with Crippen molar-refractivity contribution in [3.63, 3.8) is 0 Å². The molecule has 1 heterocycles. The van der Waals surface area contributed by atoms with E-state index in [9.17, 15) is 4.79 Å². The second kappa shape index (κ2) is 6.53. The van der Waals surface area contributed by atoms with Gasteiger partial charge >= 0.3 is 130 Å². The molecule has 21 heavy (non-hydrogen) atoms. The van der Waals surface area contributed by atoms with Crippen molar-refractivity contribution in [1.29, 1.82) is 0 Å². The van der Waals surface area contributed by atoms with Gasteiger partial charge in [-0.25, -0.2) is 0 Å². The Kier molecular flexibility index (Phi) is 4.30. The number of hydrogen-bond donors (Lipinski definition) is 0. The van der Waals surface area contributed by atoms with Crippen LogP contribution >= 0.6 is 0 Å². The summed E-state index contributed by atoms with van der Waals surface area (Å²) in [6, 6.07) is 22.0. The normalized spacial score (nSPS) is 10.9. The number of benzene rings is 2. The second-order valence-corrected chi connectivity index (χ2v) is 6.71. The molecule has 0 unspecified atom stereocenters. The zero-order valence-electron chi connectivity index (χ0n) is 11.4. The molecule has 0 saturated carbocycles. The first-order valence-corrected chi connectivity index (χ1v) is 8.59. The third-order valence-electron chi connectivity index (χ3n) is 3.22. The molecule has 1 nitrogen and oxygen atoms in total. The zero-order valence-corrected chi connectivity index (χ0v) is 13.1. The fourth-order valence-electron chi connectivity index (χ4n) is 2.10.